The van der Waals surface area contributed by atoms with Gasteiger partial charge in [0.05, 0.1) is 6.04 Å². The highest BCUT2D eigenvalue weighted by Gasteiger charge is 2.30. The zero-order valence-electron chi connectivity index (χ0n) is 23.5. The van der Waals surface area contributed by atoms with Crippen LogP contribution in [0.15, 0.2) is 35.3 Å². The van der Waals surface area contributed by atoms with Crippen molar-refractivity contribution in [3.05, 3.63) is 35.9 Å². The SMILES string of the molecule is CC(C)CC(N)C(=O)NC(Cc1ccccc1)C(=O)NC(CCCCN)C(=O)NC(CCCN=C(N)N)C(=O)O. The summed E-state index contributed by atoms with van der Waals surface area (Å²) in [5.41, 5.74) is 23.0. The molecule has 1 rings (SSSR count). The van der Waals surface area contributed by atoms with Crippen molar-refractivity contribution < 1.29 is 24.3 Å². The number of nitrogens with zero attached hydrogens (tertiary/aromatic N) is 1. The van der Waals surface area contributed by atoms with E-state index in [1.807, 2.05) is 44.2 Å². The third-order valence-electron chi connectivity index (χ3n) is 6.12. The summed E-state index contributed by atoms with van der Waals surface area (Å²) in [7, 11) is 0. The van der Waals surface area contributed by atoms with E-state index < -0.39 is 47.9 Å². The fourth-order valence-corrected chi connectivity index (χ4v) is 4.02. The highest BCUT2D eigenvalue weighted by molar-refractivity contribution is 5.94. The van der Waals surface area contributed by atoms with E-state index in [0.717, 1.165) is 5.56 Å². The zero-order chi connectivity index (χ0) is 30.1. The number of carbonyl (C=O) groups excluding carboxylic acids is 3. The quantitative estimate of drug-likeness (QED) is 0.0604. The van der Waals surface area contributed by atoms with E-state index in [4.69, 9.17) is 22.9 Å². The van der Waals surface area contributed by atoms with E-state index in [2.05, 4.69) is 20.9 Å². The van der Waals surface area contributed by atoms with Gasteiger partial charge in [0.2, 0.25) is 17.7 Å². The number of nitrogens with one attached hydrogen (secondary N) is 3. The monoisotopic (exact) mass is 562 g/mol. The number of aliphatic carboxylic acids is 1. The topological polar surface area (TPSA) is 241 Å². The van der Waals surface area contributed by atoms with E-state index in [-0.39, 0.29) is 37.7 Å². The molecule has 40 heavy (non-hydrogen) atoms. The number of hydrogen-bond acceptors (Lipinski definition) is 7. The third-order valence-corrected chi connectivity index (χ3v) is 6.12. The Balaban J connectivity index is 3.07. The molecule has 4 atom stereocenters. The minimum absolute atomic E-state index is 0.0851. The normalized spacial score (nSPS) is 13.9. The predicted molar refractivity (Wildman–Crippen MR) is 154 cm³/mol. The number of rotatable bonds is 19. The molecule has 0 saturated carbocycles. The molecule has 0 aliphatic rings. The van der Waals surface area contributed by atoms with Gasteiger partial charge >= 0.3 is 5.97 Å². The number of amides is 3. The van der Waals surface area contributed by atoms with Gasteiger partial charge in [-0.15, -0.1) is 0 Å². The molecule has 0 heterocycles. The molecule has 13 nitrogen and oxygen atoms in total. The zero-order valence-corrected chi connectivity index (χ0v) is 23.5. The highest BCUT2D eigenvalue weighted by Crippen LogP contribution is 2.09. The summed E-state index contributed by atoms with van der Waals surface area (Å²) >= 11 is 0. The number of carboxylic acid groups (broad SMARTS) is 1. The maximum atomic E-state index is 13.4. The van der Waals surface area contributed by atoms with Crippen molar-refractivity contribution in [2.75, 3.05) is 13.1 Å². The average molecular weight is 563 g/mol. The molecule has 1 aromatic carbocycles. The van der Waals surface area contributed by atoms with Gasteiger partial charge in [-0.25, -0.2) is 4.79 Å². The minimum atomic E-state index is -1.22. The van der Waals surface area contributed by atoms with Gasteiger partial charge in [-0.1, -0.05) is 44.2 Å². The molecule has 0 saturated heterocycles. The fraction of sp³-hybridized carbons (Fsp3) is 0.593. The Bertz CT molecular complexity index is 969. The Kier molecular flexibility index (Phi) is 15.9. The van der Waals surface area contributed by atoms with Crippen LogP contribution in [0.4, 0.5) is 0 Å². The summed E-state index contributed by atoms with van der Waals surface area (Å²) in [6.07, 6.45) is 2.37. The fourth-order valence-electron chi connectivity index (χ4n) is 4.02. The molecular weight excluding hydrogens is 516 g/mol. The summed E-state index contributed by atoms with van der Waals surface area (Å²) < 4.78 is 0. The summed E-state index contributed by atoms with van der Waals surface area (Å²) in [5.74, 6) is -2.86. The van der Waals surface area contributed by atoms with Crippen molar-refractivity contribution in [2.24, 2.45) is 33.8 Å². The van der Waals surface area contributed by atoms with Crippen molar-refractivity contribution >= 4 is 29.7 Å². The van der Waals surface area contributed by atoms with Crippen LogP contribution in [0.1, 0.15) is 57.9 Å². The second kappa shape index (κ2) is 18.6. The summed E-state index contributed by atoms with van der Waals surface area (Å²) in [6.45, 7) is 4.48. The maximum Gasteiger partial charge on any atom is 0.326 e. The summed E-state index contributed by atoms with van der Waals surface area (Å²) in [6, 6.07) is 5.07. The smallest absolute Gasteiger partial charge is 0.326 e. The Morgan fingerprint density at radius 2 is 1.43 bits per heavy atom. The highest BCUT2D eigenvalue weighted by atomic mass is 16.4. The van der Waals surface area contributed by atoms with Gasteiger partial charge in [-0.05, 0) is 56.6 Å². The largest absolute Gasteiger partial charge is 0.480 e. The van der Waals surface area contributed by atoms with Crippen molar-refractivity contribution in [2.45, 2.75) is 83.0 Å². The van der Waals surface area contributed by atoms with Gasteiger partial charge in [0, 0.05) is 13.0 Å². The van der Waals surface area contributed by atoms with Gasteiger partial charge in [0.25, 0.3) is 0 Å². The molecule has 13 heteroatoms. The maximum absolute atomic E-state index is 13.4. The van der Waals surface area contributed by atoms with Crippen molar-refractivity contribution in [1.29, 1.82) is 0 Å². The summed E-state index contributed by atoms with van der Waals surface area (Å²) in [5, 5.41) is 17.6. The number of hydrogen-bond donors (Lipinski definition) is 8. The van der Waals surface area contributed by atoms with Crippen LogP contribution in [0.2, 0.25) is 0 Å². The minimum Gasteiger partial charge on any atom is -0.480 e. The lowest BCUT2D eigenvalue weighted by molar-refractivity contribution is -0.142. The molecule has 0 aliphatic heterocycles. The van der Waals surface area contributed by atoms with Crippen molar-refractivity contribution in [3.63, 3.8) is 0 Å². The number of guanidine groups is 1. The van der Waals surface area contributed by atoms with Gasteiger partial charge in [-0.2, -0.15) is 0 Å². The molecule has 0 bridgehead atoms. The molecule has 1 aromatic rings. The van der Waals surface area contributed by atoms with Crippen molar-refractivity contribution in [3.8, 4) is 0 Å². The van der Waals surface area contributed by atoms with Crippen LogP contribution in [0.3, 0.4) is 0 Å². The van der Waals surface area contributed by atoms with Crippen LogP contribution < -0.4 is 38.9 Å². The number of aliphatic imine (C=N–C) groups is 1. The first kappa shape index (κ1) is 34.3. The van der Waals surface area contributed by atoms with E-state index in [0.29, 0.717) is 32.2 Å². The Labute approximate surface area is 235 Å². The number of carboxylic acids is 1. The van der Waals surface area contributed by atoms with Crippen LogP contribution in [0.25, 0.3) is 0 Å². The van der Waals surface area contributed by atoms with Crippen LogP contribution in [-0.4, -0.2) is 72.0 Å². The molecule has 0 spiro atoms. The Morgan fingerprint density at radius 3 is 2.00 bits per heavy atom. The van der Waals surface area contributed by atoms with Crippen LogP contribution >= 0.6 is 0 Å². The van der Waals surface area contributed by atoms with Crippen molar-refractivity contribution in [1.82, 2.24) is 16.0 Å². The lowest BCUT2D eigenvalue weighted by atomic mass is 10.0. The van der Waals surface area contributed by atoms with E-state index >= 15 is 0 Å². The van der Waals surface area contributed by atoms with Gasteiger partial charge in [0.15, 0.2) is 5.96 Å². The number of nitrogens with two attached hydrogens (primary N) is 4. The van der Waals surface area contributed by atoms with Gasteiger partial charge in [0.1, 0.15) is 18.1 Å². The second-order valence-electron chi connectivity index (χ2n) is 10.2. The Morgan fingerprint density at radius 1 is 0.850 bits per heavy atom. The average Bonchev–Trinajstić information content (AvgIpc) is 2.89. The third kappa shape index (κ3) is 13.9. The molecule has 12 N–H and O–H groups in total. The van der Waals surface area contributed by atoms with Gasteiger partial charge in [-0.3, -0.25) is 19.4 Å². The molecular formula is C27H46N8O5. The molecule has 0 radical (unpaired) electrons. The molecule has 4 unspecified atom stereocenters. The molecule has 0 aliphatic carbocycles. The molecule has 3 amide bonds. The standard InChI is InChI=1S/C27H46N8O5/c1-17(2)15-19(29)23(36)35-22(16-18-9-4-3-5-10-18)25(38)33-20(11-6-7-13-28)24(37)34-21(26(39)40)12-8-14-32-27(30)31/h3-5,9-10,17,19-22H,6-8,11-16,28-29H2,1-2H3,(H,33,38)(H,34,37)(H,35,36)(H,39,40)(H4,30,31,32). The van der Waals surface area contributed by atoms with E-state index in [1.165, 1.54) is 0 Å². The first-order valence-corrected chi connectivity index (χ1v) is 13.6. The second-order valence-corrected chi connectivity index (χ2v) is 10.2. The number of benzene rings is 1. The van der Waals surface area contributed by atoms with E-state index in [9.17, 15) is 24.3 Å². The van der Waals surface area contributed by atoms with E-state index in [1.54, 1.807) is 0 Å². The first-order valence-electron chi connectivity index (χ1n) is 13.6. The number of unbranched alkanes of at least 4 members (excludes halogenated alkanes) is 1. The lowest BCUT2D eigenvalue weighted by Gasteiger charge is -2.25. The summed E-state index contributed by atoms with van der Waals surface area (Å²) in [4.78, 5) is 55.0. The predicted octanol–water partition coefficient (Wildman–Crippen LogP) is -0.676. The Hall–Kier alpha value is -3.71. The van der Waals surface area contributed by atoms with Gasteiger partial charge < -0.3 is 44.0 Å². The number of carbonyl (C=O) groups is 4. The molecule has 0 fully saturated rings. The molecule has 0 aromatic heterocycles. The molecule has 224 valence electrons. The van der Waals surface area contributed by atoms with Crippen LogP contribution in [-0.2, 0) is 25.6 Å². The van der Waals surface area contributed by atoms with Crippen LogP contribution in [0.5, 0.6) is 0 Å². The first-order chi connectivity index (χ1) is 18.9. The lowest BCUT2D eigenvalue weighted by Crippen LogP contribution is -2.57. The van der Waals surface area contributed by atoms with Crippen LogP contribution in [0, 0.1) is 5.92 Å².